The number of halogens is 1. The molecule has 0 radical (unpaired) electrons. The lowest BCUT2D eigenvalue weighted by Crippen LogP contribution is -2.32. The van der Waals surface area contributed by atoms with Gasteiger partial charge in [-0.3, -0.25) is 19.7 Å². The third-order valence-electron chi connectivity index (χ3n) is 4.46. The molecular formula is C20H19ClN4O5. The van der Waals surface area contributed by atoms with E-state index in [2.05, 4.69) is 9.97 Å². The fourth-order valence-corrected chi connectivity index (χ4v) is 3.25. The average Bonchev–Trinajstić information content (AvgIpc) is 2.72. The van der Waals surface area contributed by atoms with E-state index >= 15 is 0 Å². The van der Waals surface area contributed by atoms with Crippen molar-refractivity contribution in [1.29, 1.82) is 0 Å². The zero-order valence-electron chi connectivity index (χ0n) is 16.3. The summed E-state index contributed by atoms with van der Waals surface area (Å²) in [5.74, 6) is -0.0629. The second kappa shape index (κ2) is 8.91. The van der Waals surface area contributed by atoms with E-state index in [1.165, 1.54) is 30.2 Å². The molecule has 156 valence electrons. The quantitative estimate of drug-likeness (QED) is 0.452. The van der Waals surface area contributed by atoms with E-state index in [0.29, 0.717) is 34.7 Å². The maximum atomic E-state index is 13.0. The third kappa shape index (κ3) is 4.41. The first-order valence-electron chi connectivity index (χ1n) is 9.14. The number of H-pyrrole nitrogens is 1. The Morgan fingerprint density at radius 2 is 2.07 bits per heavy atom. The number of methoxy groups -OCH3 is 1. The van der Waals surface area contributed by atoms with Gasteiger partial charge in [0.15, 0.2) is 5.75 Å². The second-order valence-electron chi connectivity index (χ2n) is 6.54. The molecule has 1 heterocycles. The van der Waals surface area contributed by atoms with Crippen molar-refractivity contribution in [2.75, 3.05) is 13.7 Å². The number of nitro benzene ring substituents is 1. The summed E-state index contributed by atoms with van der Waals surface area (Å²) in [7, 11) is 1.32. The topological polar surface area (TPSA) is 118 Å². The number of carbonyl (C=O) groups is 1. The Morgan fingerprint density at radius 3 is 2.73 bits per heavy atom. The number of amides is 1. The number of nitro groups is 1. The number of ether oxygens (including phenoxy) is 1. The summed E-state index contributed by atoms with van der Waals surface area (Å²) in [4.78, 5) is 44.6. The molecule has 10 heteroatoms. The van der Waals surface area contributed by atoms with Gasteiger partial charge in [-0.05, 0) is 36.8 Å². The summed E-state index contributed by atoms with van der Waals surface area (Å²) in [6.45, 7) is 2.30. The molecule has 30 heavy (non-hydrogen) atoms. The average molecular weight is 431 g/mol. The molecule has 0 aliphatic heterocycles. The molecule has 0 saturated carbocycles. The minimum absolute atomic E-state index is 0.0319. The van der Waals surface area contributed by atoms with Crippen LogP contribution in [-0.2, 0) is 6.54 Å². The molecule has 0 fully saturated rings. The molecule has 3 rings (SSSR count). The van der Waals surface area contributed by atoms with E-state index in [-0.39, 0.29) is 29.1 Å². The Kier molecular flexibility index (Phi) is 6.31. The van der Waals surface area contributed by atoms with Crippen molar-refractivity contribution >= 4 is 34.1 Å². The maximum Gasteiger partial charge on any atom is 0.311 e. The molecule has 1 amide bonds. The molecule has 0 bridgehead atoms. The summed E-state index contributed by atoms with van der Waals surface area (Å²) in [6, 6.07) is 8.79. The normalized spacial score (nSPS) is 10.8. The predicted molar refractivity (Wildman–Crippen MR) is 112 cm³/mol. The summed E-state index contributed by atoms with van der Waals surface area (Å²) < 4.78 is 4.98. The van der Waals surface area contributed by atoms with Crippen LogP contribution in [0, 0.1) is 10.1 Å². The molecule has 0 aliphatic carbocycles. The largest absolute Gasteiger partial charge is 0.490 e. The highest BCUT2D eigenvalue weighted by Crippen LogP contribution is 2.28. The van der Waals surface area contributed by atoms with E-state index in [1.54, 1.807) is 18.2 Å². The lowest BCUT2D eigenvalue weighted by Gasteiger charge is -2.22. The zero-order chi connectivity index (χ0) is 21.8. The minimum atomic E-state index is -0.605. The molecule has 1 aromatic heterocycles. The summed E-state index contributed by atoms with van der Waals surface area (Å²) >= 11 is 5.99. The smallest absolute Gasteiger partial charge is 0.311 e. The van der Waals surface area contributed by atoms with E-state index < -0.39 is 10.8 Å². The molecule has 1 N–H and O–H groups in total. The van der Waals surface area contributed by atoms with Gasteiger partial charge in [0.25, 0.3) is 11.5 Å². The van der Waals surface area contributed by atoms with Gasteiger partial charge in [0.05, 0.1) is 29.5 Å². The Bertz CT molecular complexity index is 1180. The van der Waals surface area contributed by atoms with Crippen molar-refractivity contribution in [3.05, 3.63) is 73.3 Å². The van der Waals surface area contributed by atoms with Gasteiger partial charge in [0.1, 0.15) is 5.82 Å². The molecule has 3 aromatic rings. The van der Waals surface area contributed by atoms with Crippen LogP contribution in [0.25, 0.3) is 10.9 Å². The number of aromatic nitrogens is 2. The second-order valence-corrected chi connectivity index (χ2v) is 6.98. The number of fused-ring (bicyclic) bond motifs is 1. The zero-order valence-corrected chi connectivity index (χ0v) is 17.1. The predicted octanol–water partition coefficient (Wildman–Crippen LogP) is 3.55. The number of nitrogens with zero attached hydrogens (tertiary/aromatic N) is 3. The summed E-state index contributed by atoms with van der Waals surface area (Å²) in [6.07, 6.45) is 0.646. The maximum absolute atomic E-state index is 13.0. The molecule has 0 aliphatic rings. The third-order valence-corrected chi connectivity index (χ3v) is 4.70. The number of benzene rings is 2. The van der Waals surface area contributed by atoms with Crippen molar-refractivity contribution < 1.29 is 14.5 Å². The van der Waals surface area contributed by atoms with E-state index in [0.717, 1.165) is 0 Å². The number of rotatable bonds is 7. The van der Waals surface area contributed by atoms with Crippen molar-refractivity contribution in [3.8, 4) is 5.75 Å². The van der Waals surface area contributed by atoms with Crippen LogP contribution in [0.1, 0.15) is 29.5 Å². The number of aromatic amines is 1. The van der Waals surface area contributed by atoms with Crippen LogP contribution in [0.15, 0.2) is 41.2 Å². The van der Waals surface area contributed by atoms with Gasteiger partial charge >= 0.3 is 5.69 Å². The Labute approximate surface area is 176 Å². The van der Waals surface area contributed by atoms with Gasteiger partial charge in [-0.25, -0.2) is 4.98 Å². The van der Waals surface area contributed by atoms with Gasteiger partial charge < -0.3 is 14.6 Å². The van der Waals surface area contributed by atoms with E-state index in [1.807, 2.05) is 6.92 Å². The lowest BCUT2D eigenvalue weighted by atomic mass is 10.1. The number of hydrogen-bond donors (Lipinski definition) is 1. The van der Waals surface area contributed by atoms with Crippen molar-refractivity contribution in [2.45, 2.75) is 19.9 Å². The number of nitrogens with one attached hydrogen (secondary N) is 1. The highest BCUT2D eigenvalue weighted by Gasteiger charge is 2.22. The Balaban J connectivity index is 1.95. The fraction of sp³-hybridized carbons (Fsp3) is 0.250. The minimum Gasteiger partial charge on any atom is -0.490 e. The molecular weight excluding hydrogens is 412 g/mol. The van der Waals surface area contributed by atoms with Crippen LogP contribution in [-0.4, -0.2) is 39.4 Å². The van der Waals surface area contributed by atoms with Crippen LogP contribution < -0.4 is 10.3 Å². The van der Waals surface area contributed by atoms with Gasteiger partial charge in [0.2, 0.25) is 0 Å². The van der Waals surface area contributed by atoms with Crippen LogP contribution in [0.4, 0.5) is 5.69 Å². The SMILES string of the molecule is CCCN(Cc1nc2cc(Cl)ccc2c(=O)[nH]1)C(=O)c1ccc(OC)c([N+](=O)[O-])c1. The Hall–Kier alpha value is -3.46. The van der Waals surface area contributed by atoms with Crippen molar-refractivity contribution in [1.82, 2.24) is 14.9 Å². The summed E-state index contributed by atoms with van der Waals surface area (Å²) in [5, 5.41) is 12.1. The molecule has 2 aromatic carbocycles. The van der Waals surface area contributed by atoms with Crippen LogP contribution in [0.3, 0.4) is 0 Å². The van der Waals surface area contributed by atoms with Gasteiger partial charge in [0, 0.05) is 23.2 Å². The van der Waals surface area contributed by atoms with Crippen LogP contribution in [0.5, 0.6) is 5.75 Å². The van der Waals surface area contributed by atoms with Crippen LogP contribution >= 0.6 is 11.6 Å². The summed E-state index contributed by atoms with van der Waals surface area (Å²) in [5.41, 5.74) is -0.0744. The van der Waals surface area contributed by atoms with Crippen LogP contribution in [0.2, 0.25) is 5.02 Å². The standard InChI is InChI=1S/C20H19ClN4O5/c1-3-8-24(20(27)12-4-7-17(30-2)16(9-12)25(28)29)11-18-22-15-10-13(21)5-6-14(15)19(26)23-18/h4-7,9-10H,3,8,11H2,1-2H3,(H,22,23,26). The van der Waals surface area contributed by atoms with Crippen molar-refractivity contribution in [3.63, 3.8) is 0 Å². The first-order valence-corrected chi connectivity index (χ1v) is 9.52. The van der Waals surface area contributed by atoms with Gasteiger partial charge in [-0.15, -0.1) is 0 Å². The molecule has 0 atom stereocenters. The molecule has 0 saturated heterocycles. The number of hydrogen-bond acceptors (Lipinski definition) is 6. The highest BCUT2D eigenvalue weighted by molar-refractivity contribution is 6.31. The van der Waals surface area contributed by atoms with Gasteiger partial charge in [-0.1, -0.05) is 18.5 Å². The van der Waals surface area contributed by atoms with E-state index in [9.17, 15) is 19.7 Å². The molecule has 0 spiro atoms. The van der Waals surface area contributed by atoms with Gasteiger partial charge in [-0.2, -0.15) is 0 Å². The number of carbonyl (C=O) groups excluding carboxylic acids is 1. The van der Waals surface area contributed by atoms with E-state index in [4.69, 9.17) is 16.3 Å². The Morgan fingerprint density at radius 1 is 1.30 bits per heavy atom. The molecule has 9 nitrogen and oxygen atoms in total. The lowest BCUT2D eigenvalue weighted by molar-refractivity contribution is -0.385. The first-order chi connectivity index (χ1) is 14.3. The molecule has 0 unspecified atom stereocenters. The monoisotopic (exact) mass is 430 g/mol. The first kappa shape index (κ1) is 21.3. The fourth-order valence-electron chi connectivity index (χ4n) is 3.09. The van der Waals surface area contributed by atoms with Crippen molar-refractivity contribution in [2.24, 2.45) is 0 Å². The highest BCUT2D eigenvalue weighted by atomic mass is 35.5.